The Morgan fingerprint density at radius 3 is 2.47 bits per heavy atom. The second kappa shape index (κ2) is 4.94. The fraction of sp³-hybridized carbons (Fsp3) is 0.583. The smallest absolute Gasteiger partial charge is 0.433 e. The molecule has 0 unspecified atom stereocenters. The molecular weight excluding hydrogens is 231 g/mol. The minimum atomic E-state index is -4.41. The SMILES string of the molecule is FC(F)(F)c1cccc(OC2CCCCC2)n1. The maximum absolute atomic E-state index is 12.4. The molecule has 94 valence electrons. The highest BCUT2D eigenvalue weighted by Crippen LogP contribution is 2.29. The Kier molecular flexibility index (Phi) is 3.54. The molecule has 0 spiro atoms. The lowest BCUT2D eigenvalue weighted by Gasteiger charge is -2.22. The molecule has 1 aromatic rings. The van der Waals surface area contributed by atoms with Crippen molar-refractivity contribution in [2.45, 2.75) is 44.4 Å². The fourth-order valence-corrected chi connectivity index (χ4v) is 1.99. The van der Waals surface area contributed by atoms with Gasteiger partial charge in [-0.25, -0.2) is 4.98 Å². The summed E-state index contributed by atoms with van der Waals surface area (Å²) in [5, 5.41) is 0. The Balaban J connectivity index is 2.05. The van der Waals surface area contributed by atoms with Crippen LogP contribution in [0.1, 0.15) is 37.8 Å². The van der Waals surface area contributed by atoms with Crippen molar-refractivity contribution >= 4 is 0 Å². The molecule has 0 saturated heterocycles. The molecular formula is C12H14F3NO. The third-order valence-corrected chi connectivity index (χ3v) is 2.85. The zero-order valence-corrected chi connectivity index (χ0v) is 9.33. The maximum Gasteiger partial charge on any atom is 0.433 e. The summed E-state index contributed by atoms with van der Waals surface area (Å²) in [5.41, 5.74) is -0.897. The molecule has 0 aliphatic heterocycles. The van der Waals surface area contributed by atoms with Crippen LogP contribution in [-0.4, -0.2) is 11.1 Å². The molecule has 1 heterocycles. The summed E-state index contributed by atoms with van der Waals surface area (Å²) < 4.78 is 42.8. The first kappa shape index (κ1) is 12.2. The Labute approximate surface area is 97.8 Å². The summed E-state index contributed by atoms with van der Waals surface area (Å²) in [5.74, 6) is 0.0757. The zero-order chi connectivity index (χ0) is 12.3. The molecule has 17 heavy (non-hydrogen) atoms. The number of alkyl halides is 3. The van der Waals surface area contributed by atoms with Crippen LogP contribution < -0.4 is 4.74 Å². The quantitative estimate of drug-likeness (QED) is 0.790. The molecule has 0 atom stereocenters. The molecule has 0 amide bonds. The minimum absolute atomic E-state index is 0.0136. The van der Waals surface area contributed by atoms with Gasteiger partial charge in [0, 0.05) is 6.07 Å². The first-order valence-electron chi connectivity index (χ1n) is 5.76. The van der Waals surface area contributed by atoms with Gasteiger partial charge < -0.3 is 4.74 Å². The van der Waals surface area contributed by atoms with E-state index in [4.69, 9.17) is 4.74 Å². The summed E-state index contributed by atoms with van der Waals surface area (Å²) in [6.45, 7) is 0. The van der Waals surface area contributed by atoms with Crippen molar-refractivity contribution in [2.75, 3.05) is 0 Å². The lowest BCUT2D eigenvalue weighted by molar-refractivity contribution is -0.141. The van der Waals surface area contributed by atoms with Gasteiger partial charge in [-0.15, -0.1) is 0 Å². The number of nitrogens with zero attached hydrogens (tertiary/aromatic N) is 1. The number of ether oxygens (including phenoxy) is 1. The molecule has 0 bridgehead atoms. The number of rotatable bonds is 2. The first-order chi connectivity index (χ1) is 8.05. The number of aromatic nitrogens is 1. The van der Waals surface area contributed by atoms with E-state index in [1.54, 1.807) is 0 Å². The standard InChI is InChI=1S/C12H14F3NO/c13-12(14,15)10-7-4-8-11(16-10)17-9-5-2-1-3-6-9/h4,7-9H,1-3,5-6H2. The van der Waals surface area contributed by atoms with Crippen LogP contribution in [0.4, 0.5) is 13.2 Å². The monoisotopic (exact) mass is 245 g/mol. The van der Waals surface area contributed by atoms with Gasteiger partial charge in [0.05, 0.1) is 0 Å². The van der Waals surface area contributed by atoms with Crippen molar-refractivity contribution < 1.29 is 17.9 Å². The van der Waals surface area contributed by atoms with E-state index in [-0.39, 0.29) is 12.0 Å². The summed E-state index contributed by atoms with van der Waals surface area (Å²) in [7, 11) is 0. The van der Waals surface area contributed by atoms with Crippen LogP contribution in [0.25, 0.3) is 0 Å². The van der Waals surface area contributed by atoms with Gasteiger partial charge in [-0.05, 0) is 31.7 Å². The highest BCUT2D eigenvalue weighted by atomic mass is 19.4. The number of hydrogen-bond donors (Lipinski definition) is 0. The van der Waals surface area contributed by atoms with Gasteiger partial charge in [-0.2, -0.15) is 13.2 Å². The average molecular weight is 245 g/mol. The third-order valence-electron chi connectivity index (χ3n) is 2.85. The van der Waals surface area contributed by atoms with Crippen molar-refractivity contribution in [3.05, 3.63) is 23.9 Å². The normalized spacial score (nSPS) is 18.1. The van der Waals surface area contributed by atoms with Crippen LogP contribution in [0.2, 0.25) is 0 Å². The van der Waals surface area contributed by atoms with E-state index in [1.807, 2.05) is 0 Å². The summed E-state index contributed by atoms with van der Waals surface area (Å²) in [6, 6.07) is 3.76. The molecule has 0 radical (unpaired) electrons. The van der Waals surface area contributed by atoms with E-state index < -0.39 is 11.9 Å². The zero-order valence-electron chi connectivity index (χ0n) is 9.33. The highest BCUT2D eigenvalue weighted by molar-refractivity contribution is 5.18. The average Bonchev–Trinajstić information content (AvgIpc) is 2.29. The van der Waals surface area contributed by atoms with E-state index in [1.165, 1.54) is 18.6 Å². The molecule has 5 heteroatoms. The lowest BCUT2D eigenvalue weighted by Crippen LogP contribution is -2.20. The van der Waals surface area contributed by atoms with Crippen LogP contribution >= 0.6 is 0 Å². The lowest BCUT2D eigenvalue weighted by atomic mass is 9.98. The van der Waals surface area contributed by atoms with Gasteiger partial charge in [-0.1, -0.05) is 12.5 Å². The van der Waals surface area contributed by atoms with Gasteiger partial charge in [0.1, 0.15) is 11.8 Å². The summed E-state index contributed by atoms with van der Waals surface area (Å²) in [6.07, 6.45) is 0.727. The predicted molar refractivity (Wildman–Crippen MR) is 56.7 cm³/mol. The minimum Gasteiger partial charge on any atom is -0.474 e. The Morgan fingerprint density at radius 2 is 1.82 bits per heavy atom. The van der Waals surface area contributed by atoms with E-state index in [0.717, 1.165) is 31.7 Å². The third kappa shape index (κ3) is 3.35. The van der Waals surface area contributed by atoms with Crippen LogP contribution in [-0.2, 0) is 6.18 Å². The maximum atomic E-state index is 12.4. The molecule has 1 fully saturated rings. The first-order valence-corrected chi connectivity index (χ1v) is 5.76. The van der Waals surface area contributed by atoms with Crippen LogP contribution in [0.5, 0.6) is 5.88 Å². The topological polar surface area (TPSA) is 22.1 Å². The van der Waals surface area contributed by atoms with Crippen LogP contribution in [0.3, 0.4) is 0 Å². The molecule has 1 aliphatic carbocycles. The van der Waals surface area contributed by atoms with Crippen molar-refractivity contribution in [1.82, 2.24) is 4.98 Å². The summed E-state index contributed by atoms with van der Waals surface area (Å²) >= 11 is 0. The van der Waals surface area contributed by atoms with Crippen molar-refractivity contribution in [1.29, 1.82) is 0 Å². The Morgan fingerprint density at radius 1 is 1.12 bits per heavy atom. The van der Waals surface area contributed by atoms with Crippen LogP contribution in [0, 0.1) is 0 Å². The van der Waals surface area contributed by atoms with Crippen molar-refractivity contribution in [3.8, 4) is 5.88 Å². The van der Waals surface area contributed by atoms with Gasteiger partial charge in [-0.3, -0.25) is 0 Å². The second-order valence-corrected chi connectivity index (χ2v) is 4.24. The van der Waals surface area contributed by atoms with Gasteiger partial charge in [0.2, 0.25) is 5.88 Å². The van der Waals surface area contributed by atoms with E-state index >= 15 is 0 Å². The molecule has 1 aromatic heterocycles. The Hall–Kier alpha value is -1.26. The van der Waals surface area contributed by atoms with E-state index in [9.17, 15) is 13.2 Å². The van der Waals surface area contributed by atoms with Gasteiger partial charge in [0.25, 0.3) is 0 Å². The molecule has 2 nitrogen and oxygen atoms in total. The Bertz CT molecular complexity index is 372. The van der Waals surface area contributed by atoms with Gasteiger partial charge in [0.15, 0.2) is 0 Å². The van der Waals surface area contributed by atoms with Crippen molar-refractivity contribution in [2.24, 2.45) is 0 Å². The van der Waals surface area contributed by atoms with E-state index in [2.05, 4.69) is 4.98 Å². The van der Waals surface area contributed by atoms with Gasteiger partial charge >= 0.3 is 6.18 Å². The molecule has 1 saturated carbocycles. The molecule has 1 aliphatic rings. The number of pyridine rings is 1. The van der Waals surface area contributed by atoms with Crippen LogP contribution in [0.15, 0.2) is 18.2 Å². The second-order valence-electron chi connectivity index (χ2n) is 4.24. The number of halogens is 3. The molecule has 0 N–H and O–H groups in total. The number of hydrogen-bond acceptors (Lipinski definition) is 2. The van der Waals surface area contributed by atoms with Crippen molar-refractivity contribution in [3.63, 3.8) is 0 Å². The summed E-state index contributed by atoms with van der Waals surface area (Å²) in [4.78, 5) is 3.49. The van der Waals surface area contributed by atoms with E-state index in [0.29, 0.717) is 0 Å². The largest absolute Gasteiger partial charge is 0.474 e. The molecule has 0 aromatic carbocycles. The fourth-order valence-electron chi connectivity index (χ4n) is 1.99. The highest BCUT2D eigenvalue weighted by Gasteiger charge is 2.32. The predicted octanol–water partition coefficient (Wildman–Crippen LogP) is 3.81. The molecule has 2 rings (SSSR count).